The van der Waals surface area contributed by atoms with Gasteiger partial charge in [0.2, 0.25) is 11.8 Å². The molecule has 2 aliphatic rings. The Kier molecular flexibility index (Phi) is 6.08. The normalized spacial score (nSPS) is 23.2. The molecule has 8 nitrogen and oxygen atoms in total. The van der Waals surface area contributed by atoms with Crippen LogP contribution in [0.25, 0.3) is 0 Å². The van der Waals surface area contributed by atoms with Crippen LogP contribution in [-0.2, 0) is 14.4 Å². The molecule has 0 bridgehead atoms. The van der Waals surface area contributed by atoms with Crippen LogP contribution in [0.4, 0.5) is 0 Å². The molecule has 2 heterocycles. The number of hydrogen-bond donors (Lipinski definition) is 3. The van der Waals surface area contributed by atoms with E-state index in [-0.39, 0.29) is 36.4 Å². The highest BCUT2D eigenvalue weighted by Crippen LogP contribution is 2.23. The molecule has 146 valence electrons. The van der Waals surface area contributed by atoms with Gasteiger partial charge in [-0.15, -0.1) is 0 Å². The fourth-order valence-electron chi connectivity index (χ4n) is 3.64. The minimum atomic E-state index is -0.804. The van der Waals surface area contributed by atoms with Gasteiger partial charge in [0.15, 0.2) is 0 Å². The summed E-state index contributed by atoms with van der Waals surface area (Å²) >= 11 is 0. The van der Waals surface area contributed by atoms with Gasteiger partial charge in [-0.1, -0.05) is 30.3 Å². The molecule has 1 aromatic rings. The first kappa shape index (κ1) is 19.3. The zero-order chi connectivity index (χ0) is 19.4. The number of nitrogens with one attached hydrogen (secondary N) is 2. The summed E-state index contributed by atoms with van der Waals surface area (Å²) in [4.78, 5) is 39.2. The lowest BCUT2D eigenvalue weighted by molar-refractivity contribution is -0.146. The summed E-state index contributed by atoms with van der Waals surface area (Å²) in [6.07, 6.45) is 1.54. The Morgan fingerprint density at radius 2 is 1.81 bits per heavy atom. The topological polar surface area (TPSA) is 102 Å². The largest absolute Gasteiger partial charge is 0.481 e. The monoisotopic (exact) mass is 374 g/mol. The molecule has 2 amide bonds. The van der Waals surface area contributed by atoms with Crippen molar-refractivity contribution in [1.82, 2.24) is 20.7 Å². The highest BCUT2D eigenvalue weighted by Gasteiger charge is 2.33. The van der Waals surface area contributed by atoms with Gasteiger partial charge < -0.3 is 14.9 Å². The summed E-state index contributed by atoms with van der Waals surface area (Å²) in [5.74, 6) is -1.45. The Bertz CT molecular complexity index is 688. The number of carbonyl (C=O) groups is 3. The third-order valence-electron chi connectivity index (χ3n) is 5.35. The lowest BCUT2D eigenvalue weighted by Gasteiger charge is -2.31. The van der Waals surface area contributed by atoms with Gasteiger partial charge in [0.05, 0.1) is 12.5 Å². The van der Waals surface area contributed by atoms with Gasteiger partial charge in [0.1, 0.15) is 6.04 Å². The highest BCUT2D eigenvalue weighted by molar-refractivity contribution is 5.87. The van der Waals surface area contributed by atoms with Crippen LogP contribution in [0.5, 0.6) is 0 Å². The van der Waals surface area contributed by atoms with Gasteiger partial charge in [-0.3, -0.25) is 14.4 Å². The van der Waals surface area contributed by atoms with Crippen molar-refractivity contribution in [3.8, 4) is 0 Å². The zero-order valence-electron chi connectivity index (χ0n) is 15.4. The second-order valence-electron chi connectivity index (χ2n) is 7.23. The number of aliphatic carboxylic acids is 1. The number of rotatable bonds is 5. The quantitative estimate of drug-likeness (QED) is 0.689. The van der Waals surface area contributed by atoms with Crippen molar-refractivity contribution in [3.63, 3.8) is 0 Å². The first-order valence-electron chi connectivity index (χ1n) is 9.27. The van der Waals surface area contributed by atoms with E-state index < -0.39 is 5.97 Å². The molecule has 27 heavy (non-hydrogen) atoms. The Hall–Kier alpha value is -2.45. The number of carbonyl (C=O) groups excluding carboxylic acids is 2. The van der Waals surface area contributed by atoms with Crippen molar-refractivity contribution >= 4 is 17.8 Å². The van der Waals surface area contributed by atoms with Crippen molar-refractivity contribution in [1.29, 1.82) is 0 Å². The third-order valence-corrected chi connectivity index (χ3v) is 5.35. The lowest BCUT2D eigenvalue weighted by atomic mass is 9.97. The summed E-state index contributed by atoms with van der Waals surface area (Å²) < 4.78 is 0. The van der Waals surface area contributed by atoms with E-state index >= 15 is 0 Å². The molecule has 8 heteroatoms. The molecule has 2 saturated heterocycles. The minimum absolute atomic E-state index is 0.00472. The predicted molar refractivity (Wildman–Crippen MR) is 98.4 cm³/mol. The van der Waals surface area contributed by atoms with Crippen LogP contribution in [0.15, 0.2) is 30.3 Å². The van der Waals surface area contributed by atoms with E-state index in [0.717, 1.165) is 5.56 Å². The van der Waals surface area contributed by atoms with Crippen LogP contribution in [0, 0.1) is 5.92 Å². The van der Waals surface area contributed by atoms with E-state index in [1.54, 1.807) is 11.9 Å². The molecule has 0 spiro atoms. The Balaban J connectivity index is 1.48. The number of carboxylic acids is 1. The van der Waals surface area contributed by atoms with Gasteiger partial charge in [-0.25, -0.2) is 10.9 Å². The summed E-state index contributed by atoms with van der Waals surface area (Å²) in [5.41, 5.74) is 7.28. The van der Waals surface area contributed by atoms with Crippen molar-refractivity contribution in [2.24, 2.45) is 5.92 Å². The molecule has 3 rings (SSSR count). The second kappa shape index (κ2) is 8.49. The summed E-state index contributed by atoms with van der Waals surface area (Å²) in [6.45, 7) is 0.860. The second-order valence-corrected chi connectivity index (χ2v) is 7.23. The van der Waals surface area contributed by atoms with E-state index in [1.807, 2.05) is 30.3 Å². The van der Waals surface area contributed by atoms with E-state index in [9.17, 15) is 14.4 Å². The van der Waals surface area contributed by atoms with Crippen molar-refractivity contribution in [2.45, 2.75) is 31.3 Å². The predicted octanol–water partition coefficient (Wildman–Crippen LogP) is 0.376. The van der Waals surface area contributed by atoms with Gasteiger partial charge in [-0.05, 0) is 24.8 Å². The smallest absolute Gasteiger partial charge is 0.306 e. The van der Waals surface area contributed by atoms with E-state index in [4.69, 9.17) is 5.11 Å². The van der Waals surface area contributed by atoms with Gasteiger partial charge in [0, 0.05) is 26.2 Å². The van der Waals surface area contributed by atoms with Crippen molar-refractivity contribution in [2.75, 3.05) is 26.7 Å². The maximum atomic E-state index is 12.7. The number of nitrogens with zero attached hydrogens (tertiary/aromatic N) is 2. The molecule has 0 saturated carbocycles. The maximum Gasteiger partial charge on any atom is 0.306 e. The molecule has 2 atom stereocenters. The SMILES string of the molecule is CN(CC(=O)N1CCC(C(=O)O)CC1)C(=O)C1CC(c2ccccc2)NN1. The molecule has 0 aromatic heterocycles. The highest BCUT2D eigenvalue weighted by atomic mass is 16.4. The molecule has 0 radical (unpaired) electrons. The summed E-state index contributed by atoms with van der Waals surface area (Å²) in [7, 11) is 1.63. The molecule has 2 fully saturated rings. The van der Waals surface area contributed by atoms with Gasteiger partial charge in [0.25, 0.3) is 0 Å². The minimum Gasteiger partial charge on any atom is -0.481 e. The fourth-order valence-corrected chi connectivity index (χ4v) is 3.64. The fraction of sp³-hybridized carbons (Fsp3) is 0.526. The van der Waals surface area contributed by atoms with E-state index in [0.29, 0.717) is 32.4 Å². The number of likely N-dealkylation sites (N-methyl/N-ethyl adjacent to an activating group) is 1. The van der Waals surface area contributed by atoms with Crippen LogP contribution < -0.4 is 10.9 Å². The molecule has 1 aromatic carbocycles. The van der Waals surface area contributed by atoms with E-state index in [2.05, 4.69) is 10.9 Å². The first-order chi connectivity index (χ1) is 13.0. The number of amides is 2. The molecular formula is C19H26N4O4. The average Bonchev–Trinajstić information content (AvgIpc) is 3.18. The number of benzene rings is 1. The zero-order valence-corrected chi connectivity index (χ0v) is 15.4. The summed E-state index contributed by atoms with van der Waals surface area (Å²) in [5, 5.41) is 9.04. The number of likely N-dealkylation sites (tertiary alicyclic amines) is 1. The number of carboxylic acid groups (broad SMARTS) is 1. The van der Waals surface area contributed by atoms with Gasteiger partial charge in [-0.2, -0.15) is 0 Å². The molecule has 3 N–H and O–H groups in total. The van der Waals surface area contributed by atoms with Crippen LogP contribution in [0.1, 0.15) is 30.9 Å². The standard InChI is InChI=1S/C19H26N4O4/c1-22(12-17(24)23-9-7-14(8-10-23)19(26)27)18(25)16-11-15(20-21-16)13-5-3-2-4-6-13/h2-6,14-16,20-21H,7-12H2,1H3,(H,26,27). The van der Waals surface area contributed by atoms with Crippen molar-refractivity contribution in [3.05, 3.63) is 35.9 Å². The number of hydrogen-bond acceptors (Lipinski definition) is 5. The lowest BCUT2D eigenvalue weighted by Crippen LogP contribution is -2.49. The molecular weight excluding hydrogens is 348 g/mol. The maximum absolute atomic E-state index is 12.7. The van der Waals surface area contributed by atoms with Gasteiger partial charge >= 0.3 is 5.97 Å². The number of piperidine rings is 1. The third kappa shape index (κ3) is 4.64. The Labute approximate surface area is 158 Å². The summed E-state index contributed by atoms with van der Waals surface area (Å²) in [6, 6.07) is 9.58. The van der Waals surface area contributed by atoms with Crippen molar-refractivity contribution < 1.29 is 19.5 Å². The van der Waals surface area contributed by atoms with E-state index in [1.165, 1.54) is 4.90 Å². The average molecular weight is 374 g/mol. The Morgan fingerprint density at radius 3 is 2.44 bits per heavy atom. The Morgan fingerprint density at radius 1 is 1.15 bits per heavy atom. The molecule has 2 aliphatic heterocycles. The van der Waals surface area contributed by atoms with Crippen LogP contribution in [0.2, 0.25) is 0 Å². The van der Waals surface area contributed by atoms with Crippen LogP contribution in [-0.4, -0.2) is 65.4 Å². The van der Waals surface area contributed by atoms with Crippen LogP contribution in [0.3, 0.4) is 0 Å². The van der Waals surface area contributed by atoms with Crippen LogP contribution >= 0.6 is 0 Å². The number of hydrazine groups is 1. The molecule has 0 aliphatic carbocycles. The molecule has 2 unspecified atom stereocenters. The first-order valence-corrected chi connectivity index (χ1v) is 9.27.